The predicted molar refractivity (Wildman–Crippen MR) is 78.9 cm³/mol. The minimum atomic E-state index is 0.976. The molecule has 0 saturated carbocycles. The van der Waals surface area contributed by atoms with Crippen molar-refractivity contribution in [3.63, 3.8) is 0 Å². The van der Waals surface area contributed by atoms with Crippen molar-refractivity contribution in [1.82, 2.24) is 4.98 Å². The molecule has 3 heteroatoms. The lowest BCUT2D eigenvalue weighted by atomic mass is 10.1. The second kappa shape index (κ2) is 4.75. The summed E-state index contributed by atoms with van der Waals surface area (Å²) in [7, 11) is 0. The molecule has 2 aromatic rings. The minimum Gasteiger partial charge on any atom is -0.349 e. The van der Waals surface area contributed by atoms with Crippen LogP contribution in [0.2, 0.25) is 0 Å². The van der Waals surface area contributed by atoms with Crippen LogP contribution in [0, 0.1) is 0 Å². The number of nitrogens with one attached hydrogen (secondary N) is 1. The average molecular weight is 306 g/mol. The van der Waals surface area contributed by atoms with E-state index in [-0.39, 0.29) is 0 Å². The summed E-state index contributed by atoms with van der Waals surface area (Å²) in [5.74, 6) is 0.976. The summed E-state index contributed by atoms with van der Waals surface area (Å²) in [4.78, 5) is 3.51. The Balaban J connectivity index is 2.12. The minimum absolute atomic E-state index is 0.976. The molecule has 0 spiro atoms. The van der Waals surface area contributed by atoms with Crippen LogP contribution in [0.3, 0.4) is 0 Å². The molecule has 3 rings (SSSR count). The highest BCUT2D eigenvalue weighted by Gasteiger charge is 2.11. The summed E-state index contributed by atoms with van der Waals surface area (Å²) < 4.78 is 1.23. The summed E-state index contributed by atoms with van der Waals surface area (Å²) in [5.41, 5.74) is 2.65. The zero-order chi connectivity index (χ0) is 11.7. The number of benzene rings is 1. The van der Waals surface area contributed by atoms with Crippen molar-refractivity contribution < 1.29 is 0 Å². The molecule has 1 aromatic carbocycles. The molecule has 0 saturated heterocycles. The number of hydrogen-bond acceptors (Lipinski definition) is 1. The van der Waals surface area contributed by atoms with Crippen LogP contribution >= 0.6 is 27.7 Å². The fraction of sp³-hybridized carbons (Fsp3) is 0.143. The molecule has 17 heavy (non-hydrogen) atoms. The molecule has 86 valence electrons. The number of halogens is 1. The first kappa shape index (κ1) is 11.2. The van der Waals surface area contributed by atoms with Crippen LogP contribution in [-0.4, -0.2) is 10.7 Å². The van der Waals surface area contributed by atoms with Crippen molar-refractivity contribution in [1.29, 1.82) is 0 Å². The number of allylic oxidation sites excluding steroid dienone is 3. The van der Waals surface area contributed by atoms with Crippen LogP contribution in [0.1, 0.15) is 5.56 Å². The van der Waals surface area contributed by atoms with E-state index in [1.165, 1.54) is 26.0 Å². The Morgan fingerprint density at radius 2 is 2.12 bits per heavy atom. The number of rotatable bonds is 0. The summed E-state index contributed by atoms with van der Waals surface area (Å²) in [6, 6.07) is 8.52. The lowest BCUT2D eigenvalue weighted by Crippen LogP contribution is -1.83. The van der Waals surface area contributed by atoms with Crippen LogP contribution in [-0.2, 0) is 6.42 Å². The third kappa shape index (κ3) is 2.22. The molecule has 0 radical (unpaired) electrons. The Morgan fingerprint density at radius 3 is 3.06 bits per heavy atom. The van der Waals surface area contributed by atoms with Gasteiger partial charge in [-0.2, -0.15) is 0 Å². The van der Waals surface area contributed by atoms with Gasteiger partial charge in [0.2, 0.25) is 0 Å². The van der Waals surface area contributed by atoms with E-state index in [0.717, 1.165) is 12.2 Å². The van der Waals surface area contributed by atoms with Crippen molar-refractivity contribution in [2.75, 3.05) is 5.75 Å². The molecule has 0 atom stereocenters. The second-order valence-corrected chi connectivity index (χ2v) is 6.02. The van der Waals surface area contributed by atoms with Crippen LogP contribution in [0.15, 0.2) is 52.0 Å². The zero-order valence-electron chi connectivity index (χ0n) is 9.24. The van der Waals surface area contributed by atoms with Gasteiger partial charge in [0.1, 0.15) is 0 Å². The normalized spacial score (nSPS) is 20.9. The van der Waals surface area contributed by atoms with E-state index < -0.39 is 0 Å². The summed E-state index contributed by atoms with van der Waals surface area (Å²) in [5, 5.41) is 2.64. The van der Waals surface area contributed by atoms with E-state index in [9.17, 15) is 0 Å². The third-order valence-electron chi connectivity index (χ3n) is 2.86. The highest BCUT2D eigenvalue weighted by molar-refractivity contribution is 9.11. The fourth-order valence-corrected chi connectivity index (χ4v) is 3.47. The van der Waals surface area contributed by atoms with Gasteiger partial charge < -0.3 is 4.98 Å². The molecule has 1 nitrogen and oxygen atoms in total. The highest BCUT2D eigenvalue weighted by atomic mass is 79.9. The van der Waals surface area contributed by atoms with E-state index in [0.29, 0.717) is 0 Å². The van der Waals surface area contributed by atoms with Crippen LogP contribution in [0.25, 0.3) is 10.9 Å². The Kier molecular flexibility index (Phi) is 3.12. The molecule has 1 aromatic heterocycles. The first-order valence-electron chi connectivity index (χ1n) is 5.58. The zero-order valence-corrected chi connectivity index (χ0v) is 11.6. The SMILES string of the molecule is Br/C1=C/C=C\Cc2c([nH]c3ccccc23)SC1. The van der Waals surface area contributed by atoms with Crippen molar-refractivity contribution in [2.45, 2.75) is 11.4 Å². The van der Waals surface area contributed by atoms with Crippen LogP contribution in [0.4, 0.5) is 0 Å². The maximum Gasteiger partial charge on any atom is 0.0771 e. The van der Waals surface area contributed by atoms with Gasteiger partial charge in [0.05, 0.1) is 5.03 Å². The van der Waals surface area contributed by atoms with E-state index >= 15 is 0 Å². The Hall–Kier alpha value is -0.930. The van der Waals surface area contributed by atoms with Gasteiger partial charge in [-0.3, -0.25) is 0 Å². The van der Waals surface area contributed by atoms with Crippen molar-refractivity contribution >= 4 is 38.6 Å². The maximum atomic E-state index is 3.58. The smallest absolute Gasteiger partial charge is 0.0771 e. The number of thioether (sulfide) groups is 1. The topological polar surface area (TPSA) is 15.8 Å². The van der Waals surface area contributed by atoms with Crippen LogP contribution in [0.5, 0.6) is 0 Å². The molecule has 0 aliphatic carbocycles. The molecule has 0 amide bonds. The molecule has 1 aliphatic rings. The first-order chi connectivity index (χ1) is 8.34. The summed E-state index contributed by atoms with van der Waals surface area (Å²) in [6.45, 7) is 0. The van der Waals surface area contributed by atoms with Gasteiger partial charge >= 0.3 is 0 Å². The Morgan fingerprint density at radius 1 is 1.24 bits per heavy atom. The first-order valence-corrected chi connectivity index (χ1v) is 7.36. The molecule has 1 N–H and O–H groups in total. The molecule has 1 aliphatic heterocycles. The van der Waals surface area contributed by atoms with Crippen molar-refractivity contribution in [2.24, 2.45) is 0 Å². The average Bonchev–Trinajstić information content (AvgIpc) is 2.72. The van der Waals surface area contributed by atoms with Gasteiger partial charge in [-0.25, -0.2) is 0 Å². The Bertz CT molecular complexity index is 610. The molecule has 0 unspecified atom stereocenters. The molecule has 2 heterocycles. The van der Waals surface area contributed by atoms with E-state index in [1.807, 2.05) is 11.8 Å². The third-order valence-corrected chi connectivity index (χ3v) is 4.87. The quantitative estimate of drug-likeness (QED) is 0.749. The largest absolute Gasteiger partial charge is 0.349 e. The molecular formula is C14H12BrNS. The van der Waals surface area contributed by atoms with Crippen LogP contribution < -0.4 is 0 Å². The lowest BCUT2D eigenvalue weighted by Gasteiger charge is -2.00. The number of H-pyrrole nitrogens is 1. The molecule has 0 fully saturated rings. The highest BCUT2D eigenvalue weighted by Crippen LogP contribution is 2.32. The Labute approximate surface area is 113 Å². The summed E-state index contributed by atoms with van der Waals surface area (Å²) in [6.07, 6.45) is 7.46. The molecule has 0 bridgehead atoms. The standard InChI is InChI=1S/C14H12BrNS/c15-10-5-1-2-7-12-11-6-3-4-8-13(11)16-14(12)17-9-10/h1-6,8,16H,7,9H2/b2-1-,10-5+. The lowest BCUT2D eigenvalue weighted by molar-refractivity contribution is 1.13. The predicted octanol–water partition coefficient (Wildman–Crippen LogP) is 4.65. The summed E-state index contributed by atoms with van der Waals surface area (Å²) >= 11 is 5.44. The molecular weight excluding hydrogens is 294 g/mol. The van der Waals surface area contributed by atoms with Gasteiger partial charge in [0, 0.05) is 21.1 Å². The fourth-order valence-electron chi connectivity index (χ4n) is 2.05. The van der Waals surface area contributed by atoms with Gasteiger partial charge in [0.15, 0.2) is 0 Å². The van der Waals surface area contributed by atoms with Gasteiger partial charge in [-0.1, -0.05) is 52.4 Å². The number of aromatic nitrogens is 1. The van der Waals surface area contributed by atoms with Gasteiger partial charge in [-0.15, -0.1) is 11.8 Å². The van der Waals surface area contributed by atoms with E-state index in [1.54, 1.807) is 0 Å². The van der Waals surface area contributed by atoms with E-state index in [4.69, 9.17) is 0 Å². The number of hydrogen-bond donors (Lipinski definition) is 1. The number of fused-ring (bicyclic) bond motifs is 3. The number of aromatic amines is 1. The number of para-hydroxylation sites is 1. The van der Waals surface area contributed by atoms with Crippen molar-refractivity contribution in [3.8, 4) is 0 Å². The van der Waals surface area contributed by atoms with Crippen molar-refractivity contribution in [3.05, 3.63) is 52.5 Å². The van der Waals surface area contributed by atoms with Gasteiger partial charge in [0.25, 0.3) is 0 Å². The van der Waals surface area contributed by atoms with Gasteiger partial charge in [-0.05, 0) is 18.1 Å². The maximum absolute atomic E-state index is 3.58. The monoisotopic (exact) mass is 305 g/mol. The van der Waals surface area contributed by atoms with E-state index in [2.05, 4.69) is 63.4 Å². The second-order valence-electron chi connectivity index (χ2n) is 4.01.